The van der Waals surface area contributed by atoms with Crippen molar-refractivity contribution in [2.75, 3.05) is 18.7 Å². The minimum Gasteiger partial charge on any atom is -0.495 e. The van der Waals surface area contributed by atoms with Crippen LogP contribution in [0.3, 0.4) is 0 Å². The number of hydrogen-bond acceptors (Lipinski definition) is 4. The van der Waals surface area contributed by atoms with Gasteiger partial charge < -0.3 is 10.1 Å². The van der Waals surface area contributed by atoms with E-state index in [-0.39, 0.29) is 6.04 Å². The second-order valence-corrected chi connectivity index (χ2v) is 6.92. The number of nitrogens with one attached hydrogen (secondary N) is 1. The van der Waals surface area contributed by atoms with Gasteiger partial charge in [-0.15, -0.1) is 0 Å². The number of hydrogen-bond donors (Lipinski definition) is 1. The second-order valence-electron chi connectivity index (χ2n) is 4.91. The minimum atomic E-state index is -3.16. The van der Waals surface area contributed by atoms with Crippen LogP contribution in [0.4, 0.5) is 5.69 Å². The molecular formula is C16H19NO3S. The van der Waals surface area contributed by atoms with Gasteiger partial charge in [-0.1, -0.05) is 24.3 Å². The largest absolute Gasteiger partial charge is 0.495 e. The maximum Gasteiger partial charge on any atom is 0.175 e. The molecular weight excluding hydrogens is 286 g/mol. The van der Waals surface area contributed by atoms with E-state index in [1.807, 2.05) is 43.3 Å². The van der Waals surface area contributed by atoms with Gasteiger partial charge in [0.15, 0.2) is 9.84 Å². The highest BCUT2D eigenvalue weighted by Crippen LogP contribution is 2.28. The number of methoxy groups -OCH3 is 1. The Morgan fingerprint density at radius 1 is 1.05 bits per heavy atom. The van der Waals surface area contributed by atoms with Crippen LogP contribution in [0.25, 0.3) is 0 Å². The molecule has 0 aromatic heterocycles. The van der Waals surface area contributed by atoms with Crippen LogP contribution in [0.2, 0.25) is 0 Å². The molecule has 5 heteroatoms. The van der Waals surface area contributed by atoms with Crippen LogP contribution in [-0.4, -0.2) is 21.8 Å². The standard InChI is InChI=1S/C16H19NO3S/c1-12(17-15-6-4-5-7-16(15)20-2)13-8-10-14(11-9-13)21(3,18)19/h4-12,17H,1-3H3. The fourth-order valence-corrected chi connectivity index (χ4v) is 2.71. The maximum atomic E-state index is 11.5. The molecule has 2 aromatic carbocycles. The zero-order chi connectivity index (χ0) is 15.5. The molecule has 4 nitrogen and oxygen atoms in total. The zero-order valence-corrected chi connectivity index (χ0v) is 13.1. The Kier molecular flexibility index (Phi) is 4.53. The monoisotopic (exact) mass is 305 g/mol. The van der Waals surface area contributed by atoms with E-state index in [1.54, 1.807) is 19.2 Å². The Morgan fingerprint density at radius 2 is 1.67 bits per heavy atom. The van der Waals surface area contributed by atoms with Gasteiger partial charge in [-0.25, -0.2) is 8.42 Å². The molecule has 0 amide bonds. The highest BCUT2D eigenvalue weighted by molar-refractivity contribution is 7.90. The predicted molar refractivity (Wildman–Crippen MR) is 84.6 cm³/mol. The summed E-state index contributed by atoms with van der Waals surface area (Å²) < 4.78 is 28.2. The highest BCUT2D eigenvalue weighted by atomic mass is 32.2. The average molecular weight is 305 g/mol. The fourth-order valence-electron chi connectivity index (χ4n) is 2.08. The van der Waals surface area contributed by atoms with Crippen molar-refractivity contribution >= 4 is 15.5 Å². The Hall–Kier alpha value is -2.01. The van der Waals surface area contributed by atoms with Gasteiger partial charge in [-0.3, -0.25) is 0 Å². The summed E-state index contributed by atoms with van der Waals surface area (Å²) in [5.41, 5.74) is 1.91. The van der Waals surface area contributed by atoms with Gasteiger partial charge >= 0.3 is 0 Å². The number of ether oxygens (including phenoxy) is 1. The molecule has 2 aromatic rings. The third-order valence-corrected chi connectivity index (χ3v) is 4.42. The first-order valence-corrected chi connectivity index (χ1v) is 8.50. The van der Waals surface area contributed by atoms with Crippen molar-refractivity contribution in [2.24, 2.45) is 0 Å². The summed E-state index contributed by atoms with van der Waals surface area (Å²) in [4.78, 5) is 0.329. The van der Waals surface area contributed by atoms with E-state index in [1.165, 1.54) is 6.26 Å². The first-order chi connectivity index (χ1) is 9.91. The third-order valence-electron chi connectivity index (χ3n) is 3.29. The first kappa shape index (κ1) is 15.4. The van der Waals surface area contributed by atoms with Crippen molar-refractivity contribution in [1.29, 1.82) is 0 Å². The van der Waals surface area contributed by atoms with Crippen LogP contribution in [0, 0.1) is 0 Å². The number of rotatable bonds is 5. The molecule has 0 saturated heterocycles. The topological polar surface area (TPSA) is 55.4 Å². The summed E-state index contributed by atoms with van der Waals surface area (Å²) in [5, 5.41) is 3.36. The van der Waals surface area contributed by atoms with Gasteiger partial charge in [-0.2, -0.15) is 0 Å². The lowest BCUT2D eigenvalue weighted by molar-refractivity contribution is 0.416. The van der Waals surface area contributed by atoms with E-state index in [9.17, 15) is 8.42 Å². The van der Waals surface area contributed by atoms with Gasteiger partial charge in [0.05, 0.1) is 17.7 Å². The molecule has 0 aliphatic carbocycles. The van der Waals surface area contributed by atoms with E-state index in [0.717, 1.165) is 17.0 Å². The van der Waals surface area contributed by atoms with Gasteiger partial charge in [-0.05, 0) is 36.8 Å². The van der Waals surface area contributed by atoms with Crippen LogP contribution < -0.4 is 10.1 Å². The quantitative estimate of drug-likeness (QED) is 0.921. The average Bonchev–Trinajstić information content (AvgIpc) is 2.47. The second kappa shape index (κ2) is 6.18. The lowest BCUT2D eigenvalue weighted by atomic mass is 10.1. The molecule has 0 aliphatic rings. The normalized spacial score (nSPS) is 12.7. The highest BCUT2D eigenvalue weighted by Gasteiger charge is 2.11. The predicted octanol–water partition coefficient (Wildman–Crippen LogP) is 3.27. The van der Waals surface area contributed by atoms with E-state index < -0.39 is 9.84 Å². The van der Waals surface area contributed by atoms with Gasteiger partial charge in [0.1, 0.15) is 5.75 Å². The molecule has 1 unspecified atom stereocenters. The number of sulfone groups is 1. The summed E-state index contributed by atoms with van der Waals surface area (Å²) in [6, 6.07) is 14.6. The van der Waals surface area contributed by atoms with Crippen LogP contribution in [0.1, 0.15) is 18.5 Å². The molecule has 1 atom stereocenters. The summed E-state index contributed by atoms with van der Waals surface area (Å²) in [6.45, 7) is 2.02. The molecule has 0 spiro atoms. The van der Waals surface area contributed by atoms with E-state index in [4.69, 9.17) is 4.74 Å². The molecule has 21 heavy (non-hydrogen) atoms. The summed E-state index contributed by atoms with van der Waals surface area (Å²) in [5.74, 6) is 0.775. The van der Waals surface area contributed by atoms with Gasteiger partial charge in [0, 0.05) is 12.3 Å². The van der Waals surface area contributed by atoms with Crippen molar-refractivity contribution in [3.05, 3.63) is 54.1 Å². The van der Waals surface area contributed by atoms with E-state index in [2.05, 4.69) is 5.32 Å². The smallest absolute Gasteiger partial charge is 0.175 e. The van der Waals surface area contributed by atoms with Crippen LogP contribution in [0.15, 0.2) is 53.4 Å². The fraction of sp³-hybridized carbons (Fsp3) is 0.250. The van der Waals surface area contributed by atoms with Crippen molar-refractivity contribution in [3.63, 3.8) is 0 Å². The molecule has 0 radical (unpaired) electrons. The molecule has 0 heterocycles. The Bertz CT molecular complexity index is 709. The molecule has 0 bridgehead atoms. The van der Waals surface area contributed by atoms with Crippen molar-refractivity contribution in [3.8, 4) is 5.75 Å². The van der Waals surface area contributed by atoms with Crippen molar-refractivity contribution in [2.45, 2.75) is 17.9 Å². The van der Waals surface area contributed by atoms with E-state index in [0.29, 0.717) is 4.90 Å². The third kappa shape index (κ3) is 3.76. The molecule has 0 saturated carbocycles. The summed E-state index contributed by atoms with van der Waals surface area (Å²) in [7, 11) is -1.52. The number of benzene rings is 2. The SMILES string of the molecule is COc1ccccc1NC(C)c1ccc(S(C)(=O)=O)cc1. The summed E-state index contributed by atoms with van der Waals surface area (Å²) in [6.07, 6.45) is 1.21. The molecule has 2 rings (SSSR count). The van der Waals surface area contributed by atoms with Crippen molar-refractivity contribution < 1.29 is 13.2 Å². The molecule has 0 fully saturated rings. The number of para-hydroxylation sites is 2. The van der Waals surface area contributed by atoms with Gasteiger partial charge in [0.2, 0.25) is 0 Å². The Balaban J connectivity index is 2.19. The first-order valence-electron chi connectivity index (χ1n) is 6.61. The Morgan fingerprint density at radius 3 is 2.24 bits per heavy atom. The molecule has 0 aliphatic heterocycles. The van der Waals surface area contributed by atoms with E-state index >= 15 is 0 Å². The minimum absolute atomic E-state index is 0.0370. The van der Waals surface area contributed by atoms with Gasteiger partial charge in [0.25, 0.3) is 0 Å². The lowest BCUT2D eigenvalue weighted by Crippen LogP contribution is -2.08. The lowest BCUT2D eigenvalue weighted by Gasteiger charge is -2.18. The van der Waals surface area contributed by atoms with Crippen LogP contribution in [0.5, 0.6) is 5.75 Å². The van der Waals surface area contributed by atoms with Crippen molar-refractivity contribution in [1.82, 2.24) is 0 Å². The maximum absolute atomic E-state index is 11.5. The molecule has 1 N–H and O–H groups in total. The molecule has 112 valence electrons. The Labute approximate surface area is 125 Å². The summed E-state index contributed by atoms with van der Waals surface area (Å²) >= 11 is 0. The number of anilines is 1. The van der Waals surface area contributed by atoms with Crippen LogP contribution >= 0.6 is 0 Å². The zero-order valence-electron chi connectivity index (χ0n) is 12.3. The van der Waals surface area contributed by atoms with Crippen LogP contribution in [-0.2, 0) is 9.84 Å².